The van der Waals surface area contributed by atoms with E-state index in [0.29, 0.717) is 16.8 Å². The van der Waals surface area contributed by atoms with Crippen molar-refractivity contribution < 1.29 is 46.3 Å². The molecule has 3 aromatic rings. The molecule has 2 saturated heterocycles. The van der Waals surface area contributed by atoms with Crippen molar-refractivity contribution in [3.05, 3.63) is 89.5 Å². The maximum atomic E-state index is 13.6. The molecular formula is C29H29F2N3O8S. The number of ether oxygens (including phenoxy) is 1. The quantitative estimate of drug-likeness (QED) is 0.255. The Labute approximate surface area is 246 Å². The molecule has 3 atom stereocenters. The summed E-state index contributed by atoms with van der Waals surface area (Å²) in [7, 11) is -4.36. The van der Waals surface area contributed by atoms with Gasteiger partial charge in [-0.3, -0.25) is 9.35 Å². The molecule has 0 spiro atoms. The topological polar surface area (TPSA) is 148 Å². The zero-order valence-corrected chi connectivity index (χ0v) is 23.5. The molecule has 11 nitrogen and oxygen atoms in total. The second-order valence-corrected chi connectivity index (χ2v) is 11.7. The number of phenols is 1. The predicted molar refractivity (Wildman–Crippen MR) is 150 cm³/mol. The Bertz CT molecular complexity index is 1600. The van der Waals surface area contributed by atoms with Crippen molar-refractivity contribution in [1.29, 1.82) is 0 Å². The zero-order chi connectivity index (χ0) is 30.9. The second-order valence-electron chi connectivity index (χ2n) is 10.3. The van der Waals surface area contributed by atoms with Crippen molar-refractivity contribution in [2.75, 3.05) is 31.1 Å². The van der Waals surface area contributed by atoms with E-state index in [0.717, 1.165) is 4.31 Å². The number of carbonyl (C=O) groups is 2. The van der Waals surface area contributed by atoms with Gasteiger partial charge in [-0.25, -0.2) is 13.6 Å². The van der Waals surface area contributed by atoms with E-state index in [1.165, 1.54) is 76.5 Å². The first kappa shape index (κ1) is 30.4. The summed E-state index contributed by atoms with van der Waals surface area (Å²) in [5.74, 6) is -2.13. The number of piperazine rings is 1. The highest BCUT2D eigenvalue weighted by Crippen LogP contribution is 2.49. The molecule has 2 heterocycles. The van der Waals surface area contributed by atoms with E-state index in [2.05, 4.69) is 0 Å². The normalized spacial score (nSPS) is 20.0. The van der Waals surface area contributed by atoms with Crippen molar-refractivity contribution in [3.63, 3.8) is 0 Å². The van der Waals surface area contributed by atoms with Crippen molar-refractivity contribution in [3.8, 4) is 11.5 Å². The minimum Gasteiger partial charge on any atom is -0.507 e. The van der Waals surface area contributed by atoms with Crippen LogP contribution in [0, 0.1) is 17.6 Å². The van der Waals surface area contributed by atoms with E-state index in [1.54, 1.807) is 0 Å². The summed E-state index contributed by atoms with van der Waals surface area (Å²) in [6.07, 6.45) is -1.33. The molecule has 0 aromatic heterocycles. The smallest absolute Gasteiger partial charge is 0.415 e. The van der Waals surface area contributed by atoms with Gasteiger partial charge < -0.3 is 24.7 Å². The molecule has 14 heteroatoms. The van der Waals surface area contributed by atoms with Gasteiger partial charge in [-0.15, -0.1) is 0 Å². The lowest BCUT2D eigenvalue weighted by Crippen LogP contribution is -2.55. The van der Waals surface area contributed by atoms with Crippen LogP contribution in [0.1, 0.15) is 36.1 Å². The number of anilines is 1. The third-order valence-corrected chi connectivity index (χ3v) is 8.69. The minimum atomic E-state index is -4.36. The molecule has 2 aliphatic heterocycles. The van der Waals surface area contributed by atoms with Gasteiger partial charge in [0.15, 0.2) is 0 Å². The lowest BCUT2D eigenvalue weighted by Gasteiger charge is -2.48. The molecular weight excluding hydrogens is 588 g/mol. The van der Waals surface area contributed by atoms with Gasteiger partial charge in [0.05, 0.1) is 18.1 Å². The molecule has 43 heavy (non-hydrogen) atoms. The maximum absolute atomic E-state index is 13.6. The van der Waals surface area contributed by atoms with E-state index in [-0.39, 0.29) is 56.4 Å². The molecule has 5 rings (SSSR count). The van der Waals surface area contributed by atoms with E-state index < -0.39 is 46.1 Å². The van der Waals surface area contributed by atoms with Crippen LogP contribution < -0.4 is 9.64 Å². The van der Waals surface area contributed by atoms with Gasteiger partial charge in [-0.2, -0.15) is 12.7 Å². The van der Waals surface area contributed by atoms with E-state index in [4.69, 9.17) is 9.29 Å². The van der Waals surface area contributed by atoms with Crippen molar-refractivity contribution in [2.24, 2.45) is 5.92 Å². The van der Waals surface area contributed by atoms with E-state index in [9.17, 15) is 37.0 Å². The number of phenolic OH excluding ortho intramolecular Hbond substituents is 1. The third kappa shape index (κ3) is 6.62. The molecule has 2 aliphatic rings. The van der Waals surface area contributed by atoms with Gasteiger partial charge in [-0.05, 0) is 66.9 Å². The highest BCUT2D eigenvalue weighted by Gasteiger charge is 2.49. The molecule has 2 fully saturated rings. The van der Waals surface area contributed by atoms with Crippen LogP contribution in [0.2, 0.25) is 0 Å². The Hall–Kier alpha value is -4.11. The van der Waals surface area contributed by atoms with Crippen molar-refractivity contribution in [2.45, 2.75) is 25.0 Å². The van der Waals surface area contributed by atoms with E-state index >= 15 is 0 Å². The number of halogens is 2. The summed E-state index contributed by atoms with van der Waals surface area (Å²) >= 11 is 0. The molecule has 228 valence electrons. The van der Waals surface area contributed by atoms with Gasteiger partial charge in [0.25, 0.3) is 0 Å². The molecule has 3 N–H and O–H groups in total. The van der Waals surface area contributed by atoms with Gasteiger partial charge in [0, 0.05) is 43.5 Å². The fraction of sp³-hybridized carbons (Fsp3) is 0.310. The number of hydrogen-bond donors (Lipinski definition) is 3. The number of aliphatic hydroxyl groups excluding tert-OH is 1. The Morgan fingerprint density at radius 1 is 0.953 bits per heavy atom. The number of nitrogens with zero attached hydrogens (tertiary/aromatic N) is 3. The fourth-order valence-corrected chi connectivity index (χ4v) is 5.99. The van der Waals surface area contributed by atoms with Gasteiger partial charge >= 0.3 is 16.4 Å². The number of rotatable bonds is 8. The molecule has 3 aromatic carbocycles. The summed E-state index contributed by atoms with van der Waals surface area (Å²) in [5.41, 5.74) is 1.24. The first-order chi connectivity index (χ1) is 20.4. The summed E-state index contributed by atoms with van der Waals surface area (Å²) in [6, 6.07) is 14.2. The Morgan fingerprint density at radius 2 is 1.56 bits per heavy atom. The Balaban J connectivity index is 1.32. The molecule has 0 unspecified atom stereocenters. The number of aromatic hydroxyl groups is 1. The first-order valence-corrected chi connectivity index (χ1v) is 14.9. The van der Waals surface area contributed by atoms with Crippen LogP contribution >= 0.6 is 0 Å². The first-order valence-electron chi connectivity index (χ1n) is 13.5. The van der Waals surface area contributed by atoms with Crippen LogP contribution in [0.4, 0.5) is 19.3 Å². The lowest BCUT2D eigenvalue weighted by atomic mass is 9.78. The summed E-state index contributed by atoms with van der Waals surface area (Å²) in [4.78, 5) is 28.6. The minimum absolute atomic E-state index is 0.00530. The highest BCUT2D eigenvalue weighted by atomic mass is 32.2. The molecule has 0 saturated carbocycles. The summed E-state index contributed by atoms with van der Waals surface area (Å²) in [6.45, 7) is -0.232. The number of β-lactam (4-membered cyclic amide) rings is 1. The van der Waals surface area contributed by atoms with E-state index in [1.807, 2.05) is 0 Å². The number of aliphatic hydroxyl groups is 1. The standard InChI is InChI=1S/C29H29F2N3O8S/c30-19-3-1-18(2-4-19)25(35)12-11-24-27(34(28(24)37)21-7-5-20(31)6-8-21)23-10-9-22(17-26(23)36)42-29(38)32-13-15-33(16-14-32)43(39,40)41/h1-10,17,24-25,27,35-36H,11-16H2,(H,39,40,41)/t24-,25+,27-/m1/s1. The van der Waals surface area contributed by atoms with Crippen LogP contribution in [-0.4, -0.2) is 70.6 Å². The van der Waals surface area contributed by atoms with Crippen molar-refractivity contribution >= 4 is 28.0 Å². The Morgan fingerprint density at radius 3 is 2.14 bits per heavy atom. The molecule has 2 amide bonds. The number of benzene rings is 3. The lowest BCUT2D eigenvalue weighted by molar-refractivity contribution is -0.131. The summed E-state index contributed by atoms with van der Waals surface area (Å²) in [5, 5.41) is 21.6. The average molecular weight is 618 g/mol. The monoisotopic (exact) mass is 617 g/mol. The van der Waals surface area contributed by atoms with Gasteiger partial charge in [0.1, 0.15) is 23.1 Å². The second kappa shape index (κ2) is 12.2. The van der Waals surface area contributed by atoms with Crippen LogP contribution in [0.25, 0.3) is 0 Å². The SMILES string of the molecule is O=C(Oc1ccc([C@@H]2[C@@H](CC[C@H](O)c3ccc(F)cc3)C(=O)N2c2ccc(F)cc2)c(O)c1)N1CCN(S(=O)(=O)O)CC1. The third-order valence-electron chi connectivity index (χ3n) is 7.67. The van der Waals surface area contributed by atoms with Crippen LogP contribution in [0.15, 0.2) is 66.7 Å². The van der Waals surface area contributed by atoms with Gasteiger partial charge in [0.2, 0.25) is 5.91 Å². The maximum Gasteiger partial charge on any atom is 0.415 e. The van der Waals surface area contributed by atoms with Crippen LogP contribution in [0.3, 0.4) is 0 Å². The average Bonchev–Trinajstić information content (AvgIpc) is 2.97. The molecule has 0 aliphatic carbocycles. The summed E-state index contributed by atoms with van der Waals surface area (Å²) < 4.78 is 64.8. The van der Waals surface area contributed by atoms with Crippen molar-refractivity contribution in [1.82, 2.24) is 9.21 Å². The zero-order valence-electron chi connectivity index (χ0n) is 22.7. The largest absolute Gasteiger partial charge is 0.507 e. The van der Waals surface area contributed by atoms with Gasteiger partial charge in [-0.1, -0.05) is 12.1 Å². The number of amides is 2. The fourth-order valence-electron chi connectivity index (χ4n) is 5.37. The van der Waals surface area contributed by atoms with Crippen LogP contribution in [0.5, 0.6) is 11.5 Å². The Kier molecular flexibility index (Phi) is 8.64. The van der Waals surface area contributed by atoms with Crippen LogP contribution in [-0.2, 0) is 15.1 Å². The number of hydrogen-bond acceptors (Lipinski definition) is 7. The number of carbonyl (C=O) groups excluding carboxylic acids is 2. The highest BCUT2D eigenvalue weighted by molar-refractivity contribution is 7.83. The predicted octanol–water partition coefficient (Wildman–Crippen LogP) is 3.81. The molecule has 0 radical (unpaired) electrons. The molecule has 0 bridgehead atoms.